The summed E-state index contributed by atoms with van der Waals surface area (Å²) < 4.78 is 0. The second kappa shape index (κ2) is 7.97. The zero-order chi connectivity index (χ0) is 10.1. The van der Waals surface area contributed by atoms with E-state index in [1.807, 2.05) is 11.3 Å². The Balaban J connectivity index is 1.85. The van der Waals surface area contributed by atoms with Gasteiger partial charge >= 0.3 is 0 Å². The molecule has 80 valence electrons. The van der Waals surface area contributed by atoms with Crippen molar-refractivity contribution in [1.29, 1.82) is 0 Å². The molecule has 0 fully saturated rings. The maximum atomic E-state index is 3.41. The molecule has 0 aliphatic heterocycles. The fourth-order valence-electron chi connectivity index (χ4n) is 1.23. The van der Waals surface area contributed by atoms with Crippen molar-refractivity contribution in [1.82, 2.24) is 10.6 Å². The molecule has 1 heterocycles. The maximum absolute atomic E-state index is 3.41. The molecule has 0 aliphatic carbocycles. The van der Waals surface area contributed by atoms with Gasteiger partial charge in [0.1, 0.15) is 0 Å². The highest BCUT2D eigenvalue weighted by molar-refractivity contribution is 7.09. The lowest BCUT2D eigenvalue weighted by Crippen LogP contribution is -2.27. The summed E-state index contributed by atoms with van der Waals surface area (Å²) >= 11 is 1.81. The number of thiophene rings is 1. The minimum absolute atomic E-state index is 1.01. The Hall–Kier alpha value is -0.380. The quantitative estimate of drug-likeness (QED) is 0.646. The minimum atomic E-state index is 1.01. The van der Waals surface area contributed by atoms with Gasteiger partial charge in [-0.1, -0.05) is 19.4 Å². The second-order valence-electron chi connectivity index (χ2n) is 3.36. The molecule has 14 heavy (non-hydrogen) atoms. The van der Waals surface area contributed by atoms with Crippen LogP contribution in [0.4, 0.5) is 0 Å². The molecule has 0 bridgehead atoms. The van der Waals surface area contributed by atoms with E-state index >= 15 is 0 Å². The first-order chi connectivity index (χ1) is 6.93. The molecule has 0 spiro atoms. The molecule has 0 aliphatic rings. The van der Waals surface area contributed by atoms with Crippen LogP contribution in [0.2, 0.25) is 0 Å². The Morgan fingerprint density at radius 2 is 2.07 bits per heavy atom. The first-order valence-corrected chi connectivity index (χ1v) is 6.25. The molecule has 0 unspecified atom stereocenters. The minimum Gasteiger partial charge on any atom is -0.315 e. The molecule has 1 aromatic rings. The van der Waals surface area contributed by atoms with Crippen LogP contribution in [0.3, 0.4) is 0 Å². The van der Waals surface area contributed by atoms with Gasteiger partial charge in [0.25, 0.3) is 0 Å². The van der Waals surface area contributed by atoms with Crippen LogP contribution in [0.1, 0.15) is 24.6 Å². The summed E-state index contributed by atoms with van der Waals surface area (Å²) in [6.07, 6.45) is 2.56. The summed E-state index contributed by atoms with van der Waals surface area (Å²) in [5.74, 6) is 0. The Labute approximate surface area is 90.7 Å². The van der Waals surface area contributed by atoms with Crippen molar-refractivity contribution >= 4 is 11.3 Å². The Kier molecular flexibility index (Phi) is 6.66. The zero-order valence-corrected chi connectivity index (χ0v) is 9.70. The van der Waals surface area contributed by atoms with E-state index in [1.165, 1.54) is 17.7 Å². The predicted octanol–water partition coefficient (Wildman–Crippen LogP) is 2.23. The van der Waals surface area contributed by atoms with E-state index in [-0.39, 0.29) is 0 Å². The van der Waals surface area contributed by atoms with Crippen LogP contribution in [0, 0.1) is 0 Å². The van der Waals surface area contributed by atoms with Crippen molar-refractivity contribution in [3.05, 3.63) is 22.4 Å². The summed E-state index contributed by atoms with van der Waals surface area (Å²) in [6, 6.07) is 4.27. The predicted molar refractivity (Wildman–Crippen MR) is 63.8 cm³/mol. The van der Waals surface area contributed by atoms with E-state index in [2.05, 4.69) is 35.1 Å². The zero-order valence-electron chi connectivity index (χ0n) is 8.88. The largest absolute Gasteiger partial charge is 0.315 e. The van der Waals surface area contributed by atoms with Crippen molar-refractivity contribution in [3.63, 3.8) is 0 Å². The molecular formula is C11H20N2S. The topological polar surface area (TPSA) is 24.1 Å². The lowest BCUT2D eigenvalue weighted by molar-refractivity contribution is 0.595. The van der Waals surface area contributed by atoms with Gasteiger partial charge in [0.05, 0.1) is 0 Å². The van der Waals surface area contributed by atoms with Gasteiger partial charge in [-0.15, -0.1) is 11.3 Å². The highest BCUT2D eigenvalue weighted by Crippen LogP contribution is 2.06. The molecular weight excluding hydrogens is 192 g/mol. The molecule has 0 atom stereocenters. The summed E-state index contributed by atoms with van der Waals surface area (Å²) in [5, 5.41) is 8.94. The highest BCUT2D eigenvalue weighted by Gasteiger charge is 1.91. The van der Waals surface area contributed by atoms with Gasteiger partial charge in [0.15, 0.2) is 0 Å². The van der Waals surface area contributed by atoms with Crippen LogP contribution in [0.15, 0.2) is 17.5 Å². The molecule has 0 amide bonds. The molecule has 0 radical (unpaired) electrons. The molecule has 1 rings (SSSR count). The third-order valence-corrected chi connectivity index (χ3v) is 2.94. The fraction of sp³-hybridized carbons (Fsp3) is 0.636. The van der Waals surface area contributed by atoms with Crippen LogP contribution in [0.25, 0.3) is 0 Å². The van der Waals surface area contributed by atoms with Crippen molar-refractivity contribution in [2.24, 2.45) is 0 Å². The molecule has 1 aromatic heterocycles. The SMILES string of the molecule is CCCCNCCNCc1cccs1. The van der Waals surface area contributed by atoms with Gasteiger partial charge in [0, 0.05) is 24.5 Å². The molecule has 3 heteroatoms. The van der Waals surface area contributed by atoms with Crippen LogP contribution in [0.5, 0.6) is 0 Å². The number of hydrogen-bond acceptors (Lipinski definition) is 3. The Bertz CT molecular complexity index is 209. The third-order valence-electron chi connectivity index (χ3n) is 2.06. The van der Waals surface area contributed by atoms with Crippen molar-refractivity contribution < 1.29 is 0 Å². The van der Waals surface area contributed by atoms with Crippen LogP contribution >= 0.6 is 11.3 Å². The summed E-state index contributed by atoms with van der Waals surface area (Å²) in [6.45, 7) is 6.51. The van der Waals surface area contributed by atoms with Crippen LogP contribution < -0.4 is 10.6 Å². The first-order valence-electron chi connectivity index (χ1n) is 5.37. The summed E-state index contributed by atoms with van der Waals surface area (Å²) in [4.78, 5) is 1.42. The number of nitrogens with one attached hydrogen (secondary N) is 2. The number of hydrogen-bond donors (Lipinski definition) is 2. The third kappa shape index (κ3) is 5.37. The van der Waals surface area contributed by atoms with Gasteiger partial charge in [-0.3, -0.25) is 0 Å². The van der Waals surface area contributed by atoms with Gasteiger partial charge in [0.2, 0.25) is 0 Å². The molecule has 0 saturated carbocycles. The fourth-order valence-corrected chi connectivity index (χ4v) is 1.90. The molecule has 2 nitrogen and oxygen atoms in total. The highest BCUT2D eigenvalue weighted by atomic mass is 32.1. The lowest BCUT2D eigenvalue weighted by atomic mass is 10.3. The number of unbranched alkanes of at least 4 members (excludes halogenated alkanes) is 1. The number of rotatable bonds is 8. The maximum Gasteiger partial charge on any atom is 0.0300 e. The van der Waals surface area contributed by atoms with E-state index in [9.17, 15) is 0 Å². The van der Waals surface area contributed by atoms with Crippen LogP contribution in [-0.4, -0.2) is 19.6 Å². The molecule has 2 N–H and O–H groups in total. The standard InChI is InChI=1S/C11H20N2S/c1-2-3-6-12-7-8-13-10-11-5-4-9-14-11/h4-5,9,12-13H,2-3,6-8,10H2,1H3. The van der Waals surface area contributed by atoms with E-state index in [4.69, 9.17) is 0 Å². The Morgan fingerprint density at radius 3 is 2.79 bits per heavy atom. The lowest BCUT2D eigenvalue weighted by Gasteiger charge is -2.04. The molecule has 0 aromatic carbocycles. The second-order valence-corrected chi connectivity index (χ2v) is 4.39. The van der Waals surface area contributed by atoms with Crippen LogP contribution in [-0.2, 0) is 6.54 Å². The average Bonchev–Trinajstić information content (AvgIpc) is 2.69. The normalized spacial score (nSPS) is 10.6. The van der Waals surface area contributed by atoms with Gasteiger partial charge < -0.3 is 10.6 Å². The van der Waals surface area contributed by atoms with Crippen molar-refractivity contribution in [3.8, 4) is 0 Å². The van der Waals surface area contributed by atoms with E-state index in [0.29, 0.717) is 0 Å². The van der Waals surface area contributed by atoms with Gasteiger partial charge in [-0.25, -0.2) is 0 Å². The van der Waals surface area contributed by atoms with E-state index in [1.54, 1.807) is 0 Å². The van der Waals surface area contributed by atoms with E-state index in [0.717, 1.165) is 26.2 Å². The van der Waals surface area contributed by atoms with Crippen molar-refractivity contribution in [2.75, 3.05) is 19.6 Å². The smallest absolute Gasteiger partial charge is 0.0300 e. The first kappa shape index (κ1) is 11.7. The van der Waals surface area contributed by atoms with Gasteiger partial charge in [-0.05, 0) is 24.4 Å². The van der Waals surface area contributed by atoms with E-state index < -0.39 is 0 Å². The summed E-state index contributed by atoms with van der Waals surface area (Å²) in [5.41, 5.74) is 0. The average molecular weight is 212 g/mol. The van der Waals surface area contributed by atoms with Crippen molar-refractivity contribution in [2.45, 2.75) is 26.3 Å². The monoisotopic (exact) mass is 212 g/mol. The summed E-state index contributed by atoms with van der Waals surface area (Å²) in [7, 11) is 0. The molecule has 0 saturated heterocycles. The Morgan fingerprint density at radius 1 is 1.21 bits per heavy atom. The van der Waals surface area contributed by atoms with Gasteiger partial charge in [-0.2, -0.15) is 0 Å².